The fourth-order valence-electron chi connectivity index (χ4n) is 1.89. The molecule has 1 aliphatic rings. The molecule has 21 heavy (non-hydrogen) atoms. The number of thiophene rings is 1. The van der Waals surface area contributed by atoms with Gasteiger partial charge in [0.15, 0.2) is 5.96 Å². The minimum Gasteiger partial charge on any atom is -0.381 e. The van der Waals surface area contributed by atoms with Gasteiger partial charge in [-0.2, -0.15) is 0 Å². The summed E-state index contributed by atoms with van der Waals surface area (Å²) in [6, 6.07) is 4.31. The molecule has 6 heteroatoms. The van der Waals surface area contributed by atoms with Crippen molar-refractivity contribution in [2.45, 2.75) is 32.7 Å². The zero-order valence-corrected chi connectivity index (χ0v) is 16.0. The molecule has 2 rings (SSSR count). The number of guanidine groups is 1. The van der Waals surface area contributed by atoms with Crippen molar-refractivity contribution in [1.82, 2.24) is 10.6 Å². The summed E-state index contributed by atoms with van der Waals surface area (Å²) in [6.45, 7) is 5.64. The van der Waals surface area contributed by atoms with Crippen molar-refractivity contribution < 1.29 is 4.74 Å². The number of hydrogen-bond donors (Lipinski definition) is 2. The van der Waals surface area contributed by atoms with E-state index in [0.717, 1.165) is 44.6 Å². The molecule has 1 aromatic heterocycles. The van der Waals surface area contributed by atoms with Gasteiger partial charge in [0.05, 0.1) is 6.54 Å². The average Bonchev–Trinajstić information content (AvgIpc) is 3.18. The first kappa shape index (κ1) is 18.7. The smallest absolute Gasteiger partial charge is 0.191 e. The van der Waals surface area contributed by atoms with Gasteiger partial charge in [0.1, 0.15) is 0 Å². The van der Waals surface area contributed by atoms with E-state index in [1.165, 1.54) is 22.6 Å². The van der Waals surface area contributed by atoms with Crippen LogP contribution in [0.4, 0.5) is 0 Å². The van der Waals surface area contributed by atoms with E-state index in [1.807, 2.05) is 11.3 Å². The van der Waals surface area contributed by atoms with Gasteiger partial charge in [-0.05, 0) is 44.2 Å². The van der Waals surface area contributed by atoms with Crippen LogP contribution in [-0.2, 0) is 11.3 Å². The van der Waals surface area contributed by atoms with Crippen molar-refractivity contribution in [1.29, 1.82) is 0 Å². The van der Waals surface area contributed by atoms with Crippen LogP contribution in [0.1, 0.15) is 29.0 Å². The van der Waals surface area contributed by atoms with E-state index in [0.29, 0.717) is 0 Å². The largest absolute Gasteiger partial charge is 0.381 e. The van der Waals surface area contributed by atoms with Crippen molar-refractivity contribution in [2.75, 3.05) is 26.8 Å². The molecule has 0 spiro atoms. The van der Waals surface area contributed by atoms with E-state index in [-0.39, 0.29) is 24.0 Å². The van der Waals surface area contributed by atoms with Crippen LogP contribution < -0.4 is 10.6 Å². The Kier molecular flexibility index (Phi) is 9.26. The van der Waals surface area contributed by atoms with Crippen LogP contribution in [0.3, 0.4) is 0 Å². The van der Waals surface area contributed by atoms with Gasteiger partial charge in [0.25, 0.3) is 0 Å². The van der Waals surface area contributed by atoms with E-state index in [1.54, 1.807) is 7.05 Å². The summed E-state index contributed by atoms with van der Waals surface area (Å²) in [4.78, 5) is 6.90. The molecular weight excluding hydrogens is 397 g/mol. The third-order valence-electron chi connectivity index (χ3n) is 3.26. The van der Waals surface area contributed by atoms with Crippen LogP contribution in [0, 0.1) is 12.8 Å². The van der Waals surface area contributed by atoms with Gasteiger partial charge in [-0.3, -0.25) is 4.99 Å². The molecule has 0 unspecified atom stereocenters. The number of aliphatic imine (C=N–C) groups is 1. The Morgan fingerprint density at radius 3 is 2.81 bits per heavy atom. The van der Waals surface area contributed by atoms with Crippen LogP contribution in [0.25, 0.3) is 0 Å². The molecule has 1 heterocycles. The van der Waals surface area contributed by atoms with Crippen molar-refractivity contribution in [2.24, 2.45) is 10.9 Å². The van der Waals surface area contributed by atoms with Crippen LogP contribution in [0.2, 0.25) is 0 Å². The molecule has 1 aromatic rings. The van der Waals surface area contributed by atoms with Gasteiger partial charge in [0.2, 0.25) is 0 Å². The molecule has 4 nitrogen and oxygen atoms in total. The summed E-state index contributed by atoms with van der Waals surface area (Å²) < 4.78 is 5.61. The summed E-state index contributed by atoms with van der Waals surface area (Å²) in [5, 5.41) is 6.64. The number of nitrogens with one attached hydrogen (secondary N) is 2. The lowest BCUT2D eigenvalue weighted by molar-refractivity contribution is 0.123. The maximum Gasteiger partial charge on any atom is 0.191 e. The minimum absolute atomic E-state index is 0. The molecule has 0 saturated heterocycles. The first-order valence-corrected chi connectivity index (χ1v) is 8.17. The van der Waals surface area contributed by atoms with Crippen molar-refractivity contribution in [3.05, 3.63) is 21.9 Å². The number of rotatable bonds is 8. The Balaban J connectivity index is 0.00000220. The normalized spacial score (nSPS) is 14.7. The lowest BCUT2D eigenvalue weighted by atomic mass is 10.4. The monoisotopic (exact) mass is 423 g/mol. The lowest BCUT2D eigenvalue weighted by Crippen LogP contribution is -2.37. The van der Waals surface area contributed by atoms with E-state index in [4.69, 9.17) is 4.74 Å². The Morgan fingerprint density at radius 1 is 1.38 bits per heavy atom. The van der Waals surface area contributed by atoms with Gasteiger partial charge in [-0.1, -0.05) is 0 Å². The van der Waals surface area contributed by atoms with E-state index >= 15 is 0 Å². The topological polar surface area (TPSA) is 45.7 Å². The highest BCUT2D eigenvalue weighted by Crippen LogP contribution is 2.28. The summed E-state index contributed by atoms with van der Waals surface area (Å²) in [6.07, 6.45) is 3.74. The molecule has 0 bridgehead atoms. The van der Waals surface area contributed by atoms with E-state index < -0.39 is 0 Å². The molecule has 120 valence electrons. The predicted octanol–water partition coefficient (Wildman–Crippen LogP) is 3.16. The zero-order valence-electron chi connectivity index (χ0n) is 12.9. The summed E-state index contributed by atoms with van der Waals surface area (Å²) in [5.41, 5.74) is 0. The molecule has 0 amide bonds. The summed E-state index contributed by atoms with van der Waals surface area (Å²) in [5.74, 6) is 1.71. The van der Waals surface area contributed by atoms with Crippen molar-refractivity contribution in [3.63, 3.8) is 0 Å². The fraction of sp³-hybridized carbons (Fsp3) is 0.667. The van der Waals surface area contributed by atoms with Crippen molar-refractivity contribution in [3.8, 4) is 0 Å². The van der Waals surface area contributed by atoms with Gasteiger partial charge >= 0.3 is 0 Å². The third kappa shape index (κ3) is 8.01. The fourth-order valence-corrected chi connectivity index (χ4v) is 2.72. The predicted molar refractivity (Wildman–Crippen MR) is 101 cm³/mol. The highest BCUT2D eigenvalue weighted by Gasteiger charge is 2.20. The number of aryl methyl sites for hydroxylation is 1. The molecular formula is C15H26IN3OS. The van der Waals surface area contributed by atoms with Gasteiger partial charge in [-0.15, -0.1) is 35.3 Å². The SMILES string of the molecule is CN=C(NCCCOCC1CC1)NCc1ccc(C)s1.I. The molecule has 0 radical (unpaired) electrons. The standard InChI is InChI=1S/C15H25N3OS.HI/c1-12-4-7-14(20-12)10-18-15(16-2)17-8-3-9-19-11-13-5-6-13;/h4,7,13H,3,5-6,8-11H2,1-2H3,(H2,16,17,18);1H. The number of halogens is 1. The zero-order chi connectivity index (χ0) is 14.2. The quantitative estimate of drug-likeness (QED) is 0.292. The maximum absolute atomic E-state index is 5.61. The summed E-state index contributed by atoms with van der Waals surface area (Å²) in [7, 11) is 1.80. The highest BCUT2D eigenvalue weighted by atomic mass is 127. The number of nitrogens with zero attached hydrogens (tertiary/aromatic N) is 1. The van der Waals surface area contributed by atoms with Crippen LogP contribution in [0.15, 0.2) is 17.1 Å². The van der Waals surface area contributed by atoms with E-state index in [2.05, 4.69) is 34.7 Å². The average molecular weight is 423 g/mol. The second-order valence-electron chi connectivity index (χ2n) is 5.24. The highest BCUT2D eigenvalue weighted by molar-refractivity contribution is 14.0. The molecule has 2 N–H and O–H groups in total. The first-order valence-electron chi connectivity index (χ1n) is 7.35. The number of hydrogen-bond acceptors (Lipinski definition) is 3. The second kappa shape index (κ2) is 10.4. The molecule has 0 aromatic carbocycles. The molecule has 0 aliphatic heterocycles. The molecule has 0 atom stereocenters. The van der Waals surface area contributed by atoms with Gasteiger partial charge in [-0.25, -0.2) is 0 Å². The summed E-state index contributed by atoms with van der Waals surface area (Å²) >= 11 is 1.82. The van der Waals surface area contributed by atoms with Crippen LogP contribution in [-0.4, -0.2) is 32.8 Å². The van der Waals surface area contributed by atoms with Gasteiger partial charge in [0, 0.05) is 36.6 Å². The number of ether oxygens (including phenoxy) is 1. The molecule has 1 fully saturated rings. The Bertz CT molecular complexity index is 432. The minimum atomic E-state index is 0. The molecule has 1 aliphatic carbocycles. The lowest BCUT2D eigenvalue weighted by Gasteiger charge is -2.11. The third-order valence-corrected chi connectivity index (χ3v) is 4.26. The Labute approximate surface area is 148 Å². The first-order chi connectivity index (χ1) is 9.78. The van der Waals surface area contributed by atoms with E-state index in [9.17, 15) is 0 Å². The Morgan fingerprint density at radius 2 is 2.19 bits per heavy atom. The van der Waals surface area contributed by atoms with Crippen LogP contribution >= 0.6 is 35.3 Å². The molecule has 1 saturated carbocycles. The van der Waals surface area contributed by atoms with Crippen molar-refractivity contribution >= 4 is 41.3 Å². The second-order valence-corrected chi connectivity index (χ2v) is 6.61. The Hall–Kier alpha value is -0.340. The maximum atomic E-state index is 5.61. The van der Waals surface area contributed by atoms with Gasteiger partial charge < -0.3 is 15.4 Å². The van der Waals surface area contributed by atoms with Crippen LogP contribution in [0.5, 0.6) is 0 Å².